The number of halogens is 1. The number of carbonyl (C=O) groups excluding carboxylic acids is 1. The van der Waals surface area contributed by atoms with Gasteiger partial charge in [-0.1, -0.05) is 22.6 Å². The normalized spacial score (nSPS) is 12.5. The van der Waals surface area contributed by atoms with Crippen molar-refractivity contribution >= 4 is 28.6 Å². The van der Waals surface area contributed by atoms with Gasteiger partial charge in [0.15, 0.2) is 0 Å². The van der Waals surface area contributed by atoms with E-state index in [4.69, 9.17) is 0 Å². The molecule has 1 rings (SSSR count). The molecule has 0 aliphatic carbocycles. The van der Waals surface area contributed by atoms with Crippen LogP contribution in [0.25, 0.3) is 0 Å². The van der Waals surface area contributed by atoms with Crippen LogP contribution in [0.4, 0.5) is 0 Å². The number of nitrogens with one attached hydrogen (secondary N) is 1. The Balaban J connectivity index is 2.24. The van der Waals surface area contributed by atoms with Gasteiger partial charge in [-0.3, -0.25) is 9.48 Å². The van der Waals surface area contributed by atoms with Crippen molar-refractivity contribution in [3.63, 3.8) is 0 Å². The van der Waals surface area contributed by atoms with Crippen molar-refractivity contribution in [2.24, 2.45) is 7.05 Å². The summed E-state index contributed by atoms with van der Waals surface area (Å²) in [6.45, 7) is 1.31. The first kappa shape index (κ1) is 12.4. The summed E-state index contributed by atoms with van der Waals surface area (Å²) in [7, 11) is 3.27. The molecule has 5 nitrogen and oxygen atoms in total. The monoisotopic (exact) mass is 323 g/mol. The third kappa shape index (κ3) is 4.17. The lowest BCUT2D eigenvalue weighted by molar-refractivity contribution is -0.139. The van der Waals surface area contributed by atoms with Crippen LogP contribution in [0.3, 0.4) is 0 Å². The molecular formula is C9H14IN3O2. The van der Waals surface area contributed by atoms with E-state index in [1.807, 2.05) is 13.2 Å². The highest BCUT2D eigenvalue weighted by Gasteiger charge is 2.13. The van der Waals surface area contributed by atoms with Crippen LogP contribution in [0.1, 0.15) is 5.56 Å². The van der Waals surface area contributed by atoms with Crippen LogP contribution < -0.4 is 5.32 Å². The second-order valence-electron chi connectivity index (χ2n) is 3.14. The van der Waals surface area contributed by atoms with E-state index in [9.17, 15) is 4.79 Å². The van der Waals surface area contributed by atoms with Gasteiger partial charge in [0, 0.05) is 31.9 Å². The van der Waals surface area contributed by atoms with Gasteiger partial charge < -0.3 is 10.1 Å². The molecule has 0 saturated heterocycles. The first-order chi connectivity index (χ1) is 7.13. The number of methoxy groups -OCH3 is 1. The highest BCUT2D eigenvalue weighted by atomic mass is 127. The Kier molecular flexibility index (Phi) is 5.03. The predicted octanol–water partition coefficient (Wildman–Crippen LogP) is 0.486. The van der Waals surface area contributed by atoms with Crippen LogP contribution in [0.15, 0.2) is 12.4 Å². The molecule has 0 aliphatic heterocycles. The minimum absolute atomic E-state index is 0.149. The Morgan fingerprint density at radius 2 is 2.53 bits per heavy atom. The van der Waals surface area contributed by atoms with Crippen LogP contribution in [0.5, 0.6) is 0 Å². The van der Waals surface area contributed by atoms with Crippen molar-refractivity contribution < 1.29 is 9.53 Å². The molecule has 84 valence electrons. The maximum absolute atomic E-state index is 11.1. The zero-order chi connectivity index (χ0) is 11.3. The van der Waals surface area contributed by atoms with Gasteiger partial charge in [0.25, 0.3) is 0 Å². The summed E-state index contributed by atoms with van der Waals surface area (Å²) < 4.78 is 6.22. The number of esters is 1. The average molecular weight is 323 g/mol. The number of ether oxygens (including phenoxy) is 1. The van der Waals surface area contributed by atoms with Crippen molar-refractivity contribution in [3.05, 3.63) is 18.0 Å². The molecular weight excluding hydrogens is 309 g/mol. The Labute approximate surface area is 102 Å². The van der Waals surface area contributed by atoms with E-state index >= 15 is 0 Å². The zero-order valence-electron chi connectivity index (χ0n) is 8.74. The van der Waals surface area contributed by atoms with Crippen LogP contribution in [0.2, 0.25) is 0 Å². The molecule has 0 spiro atoms. The number of aromatic nitrogens is 2. The number of alkyl halides is 1. The molecule has 0 saturated carbocycles. The summed E-state index contributed by atoms with van der Waals surface area (Å²) in [5, 5.41) is 7.22. The molecule has 1 atom stereocenters. The fraction of sp³-hybridized carbons (Fsp3) is 0.556. The van der Waals surface area contributed by atoms with Crippen molar-refractivity contribution in [3.8, 4) is 0 Å². The van der Waals surface area contributed by atoms with Crippen LogP contribution in [-0.4, -0.2) is 33.3 Å². The first-order valence-corrected chi connectivity index (χ1v) is 5.78. The van der Waals surface area contributed by atoms with Crippen molar-refractivity contribution in [1.29, 1.82) is 0 Å². The minimum atomic E-state index is -0.200. The second kappa shape index (κ2) is 6.06. The van der Waals surface area contributed by atoms with Gasteiger partial charge in [0.05, 0.1) is 13.3 Å². The van der Waals surface area contributed by atoms with Gasteiger partial charge in [-0.05, 0) is 0 Å². The number of aryl methyl sites for hydroxylation is 1. The molecule has 0 aliphatic rings. The lowest BCUT2D eigenvalue weighted by atomic mass is 10.3. The number of carbonyl (C=O) groups is 1. The van der Waals surface area contributed by atoms with Crippen molar-refractivity contribution in [2.45, 2.75) is 10.5 Å². The number of hydrogen-bond acceptors (Lipinski definition) is 4. The van der Waals surface area contributed by atoms with Gasteiger partial charge in [-0.25, -0.2) is 0 Å². The maximum atomic E-state index is 11.1. The predicted molar refractivity (Wildman–Crippen MR) is 64.7 cm³/mol. The molecule has 0 aromatic carbocycles. The van der Waals surface area contributed by atoms with E-state index in [-0.39, 0.29) is 9.89 Å². The molecule has 1 aromatic heterocycles. The van der Waals surface area contributed by atoms with Gasteiger partial charge in [0.1, 0.15) is 3.92 Å². The van der Waals surface area contributed by atoms with Crippen molar-refractivity contribution in [1.82, 2.24) is 15.1 Å². The summed E-state index contributed by atoms with van der Waals surface area (Å²) in [4.78, 5) is 11.1. The van der Waals surface area contributed by atoms with Gasteiger partial charge in [0.2, 0.25) is 0 Å². The smallest absolute Gasteiger partial charge is 0.319 e. The summed E-state index contributed by atoms with van der Waals surface area (Å²) in [6.07, 6.45) is 3.74. The maximum Gasteiger partial charge on any atom is 0.319 e. The standard InChI is InChI=1S/C9H14IN3O2/c1-13-6-7(4-12-13)3-11-5-8(10)9(14)15-2/h4,6,8,11H,3,5H2,1-2H3. The van der Waals surface area contributed by atoms with E-state index in [1.165, 1.54) is 7.11 Å². The largest absolute Gasteiger partial charge is 0.468 e. The van der Waals surface area contributed by atoms with E-state index in [0.29, 0.717) is 13.1 Å². The van der Waals surface area contributed by atoms with E-state index in [0.717, 1.165) is 5.56 Å². The summed E-state index contributed by atoms with van der Waals surface area (Å²) in [6, 6.07) is 0. The lowest BCUT2D eigenvalue weighted by Crippen LogP contribution is -2.29. The third-order valence-corrected chi connectivity index (χ3v) is 2.82. The second-order valence-corrected chi connectivity index (χ2v) is 4.65. The number of nitrogens with zero attached hydrogens (tertiary/aromatic N) is 2. The summed E-state index contributed by atoms with van der Waals surface area (Å²) in [5.41, 5.74) is 1.10. The topological polar surface area (TPSA) is 56.1 Å². The third-order valence-electron chi connectivity index (χ3n) is 1.87. The summed E-state index contributed by atoms with van der Waals surface area (Å²) in [5.74, 6) is -0.200. The molecule has 1 heterocycles. The van der Waals surface area contributed by atoms with Gasteiger partial charge in [-0.2, -0.15) is 5.10 Å². The van der Waals surface area contributed by atoms with Gasteiger partial charge >= 0.3 is 5.97 Å². The van der Waals surface area contributed by atoms with E-state index < -0.39 is 0 Å². The van der Waals surface area contributed by atoms with Gasteiger partial charge in [-0.15, -0.1) is 0 Å². The van der Waals surface area contributed by atoms with E-state index in [1.54, 1.807) is 10.9 Å². The Bertz CT molecular complexity index is 327. The lowest BCUT2D eigenvalue weighted by Gasteiger charge is -2.07. The quantitative estimate of drug-likeness (QED) is 0.487. The highest BCUT2D eigenvalue weighted by Crippen LogP contribution is 2.02. The van der Waals surface area contributed by atoms with E-state index in [2.05, 4.69) is 37.7 Å². The average Bonchev–Trinajstić information content (AvgIpc) is 2.63. The molecule has 0 bridgehead atoms. The fourth-order valence-corrected chi connectivity index (χ4v) is 1.68. The fourth-order valence-electron chi connectivity index (χ4n) is 1.12. The Morgan fingerprint density at radius 1 is 1.80 bits per heavy atom. The number of hydrogen-bond donors (Lipinski definition) is 1. The van der Waals surface area contributed by atoms with Crippen LogP contribution in [0, 0.1) is 0 Å². The first-order valence-electron chi connectivity index (χ1n) is 4.53. The molecule has 0 fully saturated rings. The molecule has 1 aromatic rings. The highest BCUT2D eigenvalue weighted by molar-refractivity contribution is 14.1. The Hall–Kier alpha value is -0.630. The molecule has 0 amide bonds. The van der Waals surface area contributed by atoms with Crippen LogP contribution in [-0.2, 0) is 23.1 Å². The Morgan fingerprint density at radius 3 is 3.07 bits per heavy atom. The molecule has 0 radical (unpaired) electrons. The van der Waals surface area contributed by atoms with Crippen LogP contribution >= 0.6 is 22.6 Å². The molecule has 15 heavy (non-hydrogen) atoms. The minimum Gasteiger partial charge on any atom is -0.468 e. The zero-order valence-corrected chi connectivity index (χ0v) is 10.9. The molecule has 1 N–H and O–H groups in total. The SMILES string of the molecule is COC(=O)C(I)CNCc1cnn(C)c1. The summed E-state index contributed by atoms with van der Waals surface area (Å²) >= 11 is 2.06. The number of rotatable bonds is 5. The molecule has 1 unspecified atom stereocenters. The van der Waals surface area contributed by atoms with Crippen molar-refractivity contribution in [2.75, 3.05) is 13.7 Å². The molecule has 6 heteroatoms.